The van der Waals surface area contributed by atoms with E-state index in [9.17, 15) is 4.79 Å². The summed E-state index contributed by atoms with van der Waals surface area (Å²) < 4.78 is 5.33. The van der Waals surface area contributed by atoms with E-state index in [0.717, 1.165) is 5.56 Å². The normalized spacial score (nSPS) is 11.3. The Balaban J connectivity index is 2.86. The summed E-state index contributed by atoms with van der Waals surface area (Å²) in [6.45, 7) is 1.94. The Kier molecular flexibility index (Phi) is 4.65. The van der Waals surface area contributed by atoms with E-state index < -0.39 is 5.97 Å². The summed E-state index contributed by atoms with van der Waals surface area (Å²) in [5, 5.41) is 9.16. The zero-order chi connectivity index (χ0) is 12.1. The van der Waals surface area contributed by atoms with Crippen LogP contribution in [0.25, 0.3) is 0 Å². The predicted molar refractivity (Wildman–Crippen MR) is 63.4 cm³/mol. The quantitative estimate of drug-likeness (QED) is 0.903. The summed E-state index contributed by atoms with van der Waals surface area (Å²) in [6.07, 6.45) is 0. The second kappa shape index (κ2) is 5.77. The molecule has 5 heteroatoms. The van der Waals surface area contributed by atoms with Crippen LogP contribution in [0.15, 0.2) is 28.8 Å². The Morgan fingerprint density at radius 2 is 2.25 bits per heavy atom. The molecule has 1 aromatic rings. The molecule has 0 radical (unpaired) electrons. The van der Waals surface area contributed by atoms with E-state index in [-0.39, 0.29) is 12.2 Å². The molecule has 1 rings (SSSR count). The minimum absolute atomic E-state index is 0.120. The Morgan fingerprint density at radius 1 is 1.56 bits per heavy atom. The number of carboxylic acids is 1. The zero-order valence-electron chi connectivity index (χ0n) is 8.54. The van der Waals surface area contributed by atoms with Crippen molar-refractivity contribution in [2.45, 2.75) is 6.92 Å². The highest BCUT2D eigenvalue weighted by Crippen LogP contribution is 2.20. The van der Waals surface area contributed by atoms with E-state index >= 15 is 0 Å². The molecule has 0 aromatic heterocycles. The van der Waals surface area contributed by atoms with Crippen molar-refractivity contribution < 1.29 is 14.6 Å². The van der Waals surface area contributed by atoms with E-state index in [0.29, 0.717) is 10.8 Å². The smallest absolute Gasteiger partial charge is 0.335 e. The van der Waals surface area contributed by atoms with E-state index in [2.05, 4.69) is 0 Å². The van der Waals surface area contributed by atoms with E-state index in [1.807, 2.05) is 6.92 Å². The molecule has 16 heavy (non-hydrogen) atoms. The van der Waals surface area contributed by atoms with Crippen molar-refractivity contribution in [3.63, 3.8) is 0 Å². The van der Waals surface area contributed by atoms with E-state index in [4.69, 9.17) is 33.0 Å². The van der Waals surface area contributed by atoms with Crippen molar-refractivity contribution in [1.29, 1.82) is 0 Å². The van der Waals surface area contributed by atoms with Gasteiger partial charge in [0.2, 0.25) is 0 Å². The van der Waals surface area contributed by atoms with Crippen LogP contribution in [0.5, 0.6) is 5.75 Å². The third-order valence-corrected chi connectivity index (χ3v) is 2.51. The van der Waals surface area contributed by atoms with Crippen LogP contribution in [-0.4, -0.2) is 17.7 Å². The standard InChI is InChI=1S/C11H10Cl2O3/c1-7-2-3-8(11(14)15)4-10(7)16-6-9(13)5-12/h2-5H,6H2,1H3,(H,14,15). The lowest BCUT2D eigenvalue weighted by molar-refractivity contribution is 0.0696. The molecule has 0 aliphatic rings. The fraction of sp³-hybridized carbons (Fsp3) is 0.182. The highest BCUT2D eigenvalue weighted by atomic mass is 35.5. The number of aromatic carboxylic acids is 1. The minimum Gasteiger partial charge on any atom is -0.488 e. The summed E-state index contributed by atoms with van der Waals surface area (Å²) in [5.74, 6) is -0.514. The Hall–Kier alpha value is -1.19. The maximum absolute atomic E-state index is 10.7. The van der Waals surface area contributed by atoms with Crippen molar-refractivity contribution in [1.82, 2.24) is 0 Å². The third kappa shape index (κ3) is 3.43. The number of aryl methyl sites for hydroxylation is 1. The van der Waals surface area contributed by atoms with Gasteiger partial charge in [0.05, 0.1) is 10.6 Å². The van der Waals surface area contributed by atoms with Crippen molar-refractivity contribution in [2.75, 3.05) is 6.61 Å². The minimum atomic E-state index is -0.996. The number of hydrogen-bond donors (Lipinski definition) is 1. The maximum Gasteiger partial charge on any atom is 0.335 e. The number of halogens is 2. The van der Waals surface area contributed by atoms with Crippen LogP contribution in [0.4, 0.5) is 0 Å². The summed E-state index contributed by atoms with van der Waals surface area (Å²) in [6, 6.07) is 4.65. The molecule has 0 fully saturated rings. The lowest BCUT2D eigenvalue weighted by Crippen LogP contribution is -2.02. The molecule has 3 nitrogen and oxygen atoms in total. The van der Waals surface area contributed by atoms with Crippen LogP contribution in [0, 0.1) is 6.92 Å². The molecule has 0 saturated heterocycles. The molecular formula is C11H10Cl2O3. The van der Waals surface area contributed by atoms with Crippen LogP contribution < -0.4 is 4.74 Å². The topological polar surface area (TPSA) is 46.5 Å². The lowest BCUT2D eigenvalue weighted by Gasteiger charge is -2.08. The summed E-state index contributed by atoms with van der Waals surface area (Å²) >= 11 is 11.0. The molecule has 0 atom stereocenters. The van der Waals surface area contributed by atoms with Crippen molar-refractivity contribution >= 4 is 29.2 Å². The summed E-state index contributed by atoms with van der Waals surface area (Å²) in [5.41, 5.74) is 2.22. The van der Waals surface area contributed by atoms with E-state index in [1.165, 1.54) is 17.7 Å². The fourth-order valence-corrected chi connectivity index (χ4v) is 1.18. The van der Waals surface area contributed by atoms with Gasteiger partial charge >= 0.3 is 5.97 Å². The van der Waals surface area contributed by atoms with Gasteiger partial charge in [-0.15, -0.1) is 0 Å². The van der Waals surface area contributed by atoms with Crippen molar-refractivity contribution in [3.8, 4) is 5.75 Å². The Morgan fingerprint density at radius 3 is 2.81 bits per heavy atom. The first-order valence-electron chi connectivity index (χ1n) is 4.46. The Labute approximate surface area is 103 Å². The first-order chi connectivity index (χ1) is 7.54. The summed E-state index contributed by atoms with van der Waals surface area (Å²) in [7, 11) is 0. The molecule has 0 aliphatic heterocycles. The molecular weight excluding hydrogens is 251 g/mol. The molecule has 0 amide bonds. The van der Waals surface area contributed by atoms with Crippen LogP contribution in [0.1, 0.15) is 15.9 Å². The Bertz CT molecular complexity index is 427. The monoisotopic (exact) mass is 260 g/mol. The SMILES string of the molecule is Cc1ccc(C(=O)O)cc1OCC(Cl)=CCl. The number of rotatable bonds is 4. The average molecular weight is 261 g/mol. The third-order valence-electron chi connectivity index (χ3n) is 1.92. The summed E-state index contributed by atoms with van der Waals surface area (Å²) in [4.78, 5) is 10.7. The van der Waals surface area contributed by atoms with E-state index in [1.54, 1.807) is 6.07 Å². The highest BCUT2D eigenvalue weighted by Gasteiger charge is 2.07. The molecule has 0 spiro atoms. The van der Waals surface area contributed by atoms with Crippen molar-refractivity contribution in [3.05, 3.63) is 39.9 Å². The molecule has 0 bridgehead atoms. The molecule has 0 saturated carbocycles. The van der Waals surface area contributed by atoms with Crippen LogP contribution >= 0.6 is 23.2 Å². The van der Waals surface area contributed by atoms with Crippen LogP contribution in [0.3, 0.4) is 0 Å². The molecule has 86 valence electrons. The second-order valence-corrected chi connectivity index (χ2v) is 3.83. The average Bonchev–Trinajstić information content (AvgIpc) is 2.27. The van der Waals surface area contributed by atoms with Gasteiger partial charge in [0, 0.05) is 5.54 Å². The fourth-order valence-electron chi connectivity index (χ4n) is 1.07. The van der Waals surface area contributed by atoms with Gasteiger partial charge in [0.25, 0.3) is 0 Å². The second-order valence-electron chi connectivity index (χ2n) is 3.13. The molecule has 1 aromatic carbocycles. The van der Waals surface area contributed by atoms with Crippen LogP contribution in [0.2, 0.25) is 0 Å². The van der Waals surface area contributed by atoms with Gasteiger partial charge in [-0.1, -0.05) is 29.3 Å². The van der Waals surface area contributed by atoms with Gasteiger partial charge in [0.15, 0.2) is 0 Å². The maximum atomic E-state index is 10.7. The number of carboxylic acid groups (broad SMARTS) is 1. The number of ether oxygens (including phenoxy) is 1. The number of carbonyl (C=O) groups is 1. The predicted octanol–water partition coefficient (Wildman–Crippen LogP) is 3.39. The largest absolute Gasteiger partial charge is 0.488 e. The van der Waals surface area contributed by atoms with Gasteiger partial charge in [0.1, 0.15) is 12.4 Å². The first-order valence-corrected chi connectivity index (χ1v) is 5.27. The number of hydrogen-bond acceptors (Lipinski definition) is 2. The lowest BCUT2D eigenvalue weighted by atomic mass is 10.1. The van der Waals surface area contributed by atoms with Gasteiger partial charge in [-0.2, -0.15) is 0 Å². The molecule has 0 unspecified atom stereocenters. The highest BCUT2D eigenvalue weighted by molar-refractivity contribution is 6.36. The van der Waals surface area contributed by atoms with Crippen molar-refractivity contribution in [2.24, 2.45) is 0 Å². The molecule has 1 N–H and O–H groups in total. The van der Waals surface area contributed by atoms with Gasteiger partial charge in [-0.3, -0.25) is 0 Å². The number of benzene rings is 1. The van der Waals surface area contributed by atoms with Gasteiger partial charge in [-0.25, -0.2) is 4.79 Å². The van der Waals surface area contributed by atoms with Crippen LogP contribution in [-0.2, 0) is 0 Å². The van der Waals surface area contributed by atoms with Gasteiger partial charge < -0.3 is 9.84 Å². The van der Waals surface area contributed by atoms with Gasteiger partial charge in [-0.05, 0) is 24.6 Å². The molecule has 0 heterocycles. The molecule has 0 aliphatic carbocycles. The zero-order valence-corrected chi connectivity index (χ0v) is 10.0. The first kappa shape index (κ1) is 12.9.